The Morgan fingerprint density at radius 1 is 1.43 bits per heavy atom. The molecule has 1 aromatic rings. The van der Waals surface area contributed by atoms with Crippen LogP contribution in [0.2, 0.25) is 0 Å². The summed E-state index contributed by atoms with van der Waals surface area (Å²) in [4.78, 5) is 29.8. The quantitative estimate of drug-likeness (QED) is 0.751. The maximum atomic E-state index is 12.2. The molecule has 1 amide bonds. The van der Waals surface area contributed by atoms with Crippen LogP contribution >= 0.6 is 0 Å². The molecule has 116 valence electrons. The van der Waals surface area contributed by atoms with Crippen LogP contribution in [0.25, 0.3) is 0 Å². The Bertz CT molecular complexity index is 723. The number of carbonyl (C=O) groups is 1. The fourth-order valence-electron chi connectivity index (χ4n) is 2.34. The summed E-state index contributed by atoms with van der Waals surface area (Å²) in [7, 11) is -3.14. The first kappa shape index (κ1) is 15.7. The van der Waals surface area contributed by atoms with Gasteiger partial charge in [-0.15, -0.1) is 0 Å². The molecular weight excluding hydrogens is 294 g/mol. The molecule has 8 heteroatoms. The summed E-state index contributed by atoms with van der Waals surface area (Å²) in [5.74, 6) is -0.256. The molecule has 1 unspecified atom stereocenters. The van der Waals surface area contributed by atoms with Gasteiger partial charge in [-0.25, -0.2) is 13.4 Å². The molecule has 0 radical (unpaired) electrons. The summed E-state index contributed by atoms with van der Waals surface area (Å²) in [6, 6.07) is 0. The second kappa shape index (κ2) is 5.59. The van der Waals surface area contributed by atoms with Gasteiger partial charge in [0.2, 0.25) is 5.91 Å². The lowest BCUT2D eigenvalue weighted by atomic mass is 10.3. The van der Waals surface area contributed by atoms with E-state index in [2.05, 4.69) is 4.98 Å². The molecule has 21 heavy (non-hydrogen) atoms. The smallest absolute Gasteiger partial charge is 0.256 e. The van der Waals surface area contributed by atoms with Crippen molar-refractivity contribution in [2.45, 2.75) is 32.1 Å². The van der Waals surface area contributed by atoms with Crippen molar-refractivity contribution in [2.75, 3.05) is 19.3 Å². The highest BCUT2D eigenvalue weighted by Gasteiger charge is 2.32. The van der Waals surface area contributed by atoms with E-state index in [4.69, 9.17) is 0 Å². The lowest BCUT2D eigenvalue weighted by Crippen LogP contribution is -2.37. The van der Waals surface area contributed by atoms with Gasteiger partial charge in [-0.05, 0) is 20.3 Å². The molecule has 1 saturated heterocycles. The Hall–Kier alpha value is -1.70. The zero-order valence-corrected chi connectivity index (χ0v) is 13.2. The molecule has 0 N–H and O–H groups in total. The van der Waals surface area contributed by atoms with Gasteiger partial charge in [-0.3, -0.25) is 14.2 Å². The van der Waals surface area contributed by atoms with Crippen molar-refractivity contribution in [3.63, 3.8) is 0 Å². The first-order chi connectivity index (χ1) is 9.70. The average Bonchev–Trinajstić information content (AvgIpc) is 2.89. The van der Waals surface area contributed by atoms with Gasteiger partial charge in [-0.1, -0.05) is 0 Å². The minimum atomic E-state index is -3.14. The molecule has 1 atom stereocenters. The number of rotatable bonds is 3. The van der Waals surface area contributed by atoms with Crippen molar-refractivity contribution in [1.82, 2.24) is 14.5 Å². The predicted molar refractivity (Wildman–Crippen MR) is 77.8 cm³/mol. The first-order valence-electron chi connectivity index (χ1n) is 6.69. The molecule has 0 bridgehead atoms. The highest BCUT2D eigenvalue weighted by Crippen LogP contribution is 2.16. The maximum Gasteiger partial charge on any atom is 0.256 e. The maximum absolute atomic E-state index is 12.2. The SMILES string of the molecule is Cc1ncn(CC(=O)N2CCC(S(C)(=O)=O)C2)c(=O)c1C. The molecule has 0 aromatic carbocycles. The number of carbonyl (C=O) groups excluding carboxylic acids is 1. The van der Waals surface area contributed by atoms with Crippen molar-refractivity contribution in [3.05, 3.63) is 27.9 Å². The summed E-state index contributed by atoms with van der Waals surface area (Å²) in [5.41, 5.74) is 0.914. The third-order valence-corrected chi connectivity index (χ3v) is 5.52. The number of hydrogen-bond acceptors (Lipinski definition) is 5. The van der Waals surface area contributed by atoms with Crippen LogP contribution in [0.4, 0.5) is 0 Å². The summed E-state index contributed by atoms with van der Waals surface area (Å²) in [5, 5.41) is -0.504. The number of hydrogen-bond donors (Lipinski definition) is 0. The Morgan fingerprint density at radius 3 is 2.67 bits per heavy atom. The van der Waals surface area contributed by atoms with Crippen LogP contribution in [0.15, 0.2) is 11.1 Å². The van der Waals surface area contributed by atoms with Gasteiger partial charge in [0.25, 0.3) is 5.56 Å². The molecule has 0 aliphatic carbocycles. The second-order valence-electron chi connectivity index (χ2n) is 5.47. The Morgan fingerprint density at radius 2 is 2.10 bits per heavy atom. The van der Waals surface area contributed by atoms with E-state index in [-0.39, 0.29) is 24.6 Å². The zero-order valence-electron chi connectivity index (χ0n) is 12.4. The molecule has 1 aliphatic heterocycles. The molecular formula is C13H19N3O4S. The van der Waals surface area contributed by atoms with Crippen molar-refractivity contribution in [3.8, 4) is 0 Å². The summed E-state index contributed by atoms with van der Waals surface area (Å²) in [6.45, 7) is 3.90. The van der Waals surface area contributed by atoms with E-state index in [1.165, 1.54) is 22.1 Å². The standard InChI is InChI=1S/C13H19N3O4S/c1-9-10(2)14-8-16(13(9)18)7-12(17)15-5-4-11(6-15)21(3,19)20/h8,11H,4-7H2,1-3H3. The largest absolute Gasteiger partial charge is 0.340 e. The summed E-state index contributed by atoms with van der Waals surface area (Å²) < 4.78 is 24.2. The second-order valence-corrected chi connectivity index (χ2v) is 7.79. The zero-order chi connectivity index (χ0) is 15.8. The minimum Gasteiger partial charge on any atom is -0.340 e. The molecule has 0 spiro atoms. The minimum absolute atomic E-state index is 0.108. The lowest BCUT2D eigenvalue weighted by Gasteiger charge is -2.17. The molecule has 1 aliphatic rings. The van der Waals surface area contributed by atoms with Gasteiger partial charge in [-0.2, -0.15) is 0 Å². The van der Waals surface area contributed by atoms with Gasteiger partial charge in [0, 0.05) is 30.6 Å². The van der Waals surface area contributed by atoms with E-state index in [1.54, 1.807) is 13.8 Å². The van der Waals surface area contributed by atoms with Crippen LogP contribution in [-0.2, 0) is 21.2 Å². The molecule has 1 fully saturated rings. The number of amides is 1. The Kier molecular flexibility index (Phi) is 4.18. The van der Waals surface area contributed by atoms with E-state index in [9.17, 15) is 18.0 Å². The van der Waals surface area contributed by atoms with E-state index in [0.29, 0.717) is 24.2 Å². The first-order valence-corrected chi connectivity index (χ1v) is 8.65. The van der Waals surface area contributed by atoms with Gasteiger partial charge in [0.1, 0.15) is 6.54 Å². The highest BCUT2D eigenvalue weighted by atomic mass is 32.2. The van der Waals surface area contributed by atoms with Gasteiger partial charge in [0.05, 0.1) is 11.6 Å². The third kappa shape index (κ3) is 3.31. The van der Waals surface area contributed by atoms with Crippen LogP contribution in [0.5, 0.6) is 0 Å². The number of sulfone groups is 1. The van der Waals surface area contributed by atoms with Crippen molar-refractivity contribution in [2.24, 2.45) is 0 Å². The Labute approximate surface area is 123 Å². The van der Waals surface area contributed by atoms with Crippen LogP contribution in [0.3, 0.4) is 0 Å². The van der Waals surface area contributed by atoms with Crippen molar-refractivity contribution < 1.29 is 13.2 Å². The normalized spacial score (nSPS) is 19.0. The third-order valence-electron chi connectivity index (χ3n) is 3.92. The lowest BCUT2D eigenvalue weighted by molar-refractivity contribution is -0.130. The Balaban J connectivity index is 2.10. The van der Waals surface area contributed by atoms with Crippen LogP contribution in [0.1, 0.15) is 17.7 Å². The summed E-state index contributed by atoms with van der Waals surface area (Å²) >= 11 is 0. The van der Waals surface area contributed by atoms with Gasteiger partial charge in [0.15, 0.2) is 9.84 Å². The topological polar surface area (TPSA) is 89.3 Å². The van der Waals surface area contributed by atoms with Crippen molar-refractivity contribution >= 4 is 15.7 Å². The fourth-order valence-corrected chi connectivity index (χ4v) is 3.32. The molecule has 7 nitrogen and oxygen atoms in total. The van der Waals surface area contributed by atoms with E-state index in [0.717, 1.165) is 0 Å². The van der Waals surface area contributed by atoms with Crippen LogP contribution in [-0.4, -0.2) is 53.4 Å². The number of likely N-dealkylation sites (tertiary alicyclic amines) is 1. The van der Waals surface area contributed by atoms with Gasteiger partial charge < -0.3 is 4.90 Å². The molecule has 2 rings (SSSR count). The molecule has 2 heterocycles. The highest BCUT2D eigenvalue weighted by molar-refractivity contribution is 7.91. The fraction of sp³-hybridized carbons (Fsp3) is 0.615. The van der Waals surface area contributed by atoms with Crippen LogP contribution in [0, 0.1) is 13.8 Å². The van der Waals surface area contributed by atoms with E-state index >= 15 is 0 Å². The summed E-state index contributed by atoms with van der Waals surface area (Å²) in [6.07, 6.45) is 2.99. The average molecular weight is 313 g/mol. The number of aryl methyl sites for hydroxylation is 1. The monoisotopic (exact) mass is 313 g/mol. The van der Waals surface area contributed by atoms with E-state index in [1.807, 2.05) is 0 Å². The predicted octanol–water partition coefficient (Wildman–Crippen LogP) is -0.494. The van der Waals surface area contributed by atoms with Crippen molar-refractivity contribution in [1.29, 1.82) is 0 Å². The number of nitrogens with zero attached hydrogens (tertiary/aromatic N) is 3. The van der Waals surface area contributed by atoms with Crippen LogP contribution < -0.4 is 5.56 Å². The molecule has 0 saturated carbocycles. The van der Waals surface area contributed by atoms with Gasteiger partial charge >= 0.3 is 0 Å². The number of aromatic nitrogens is 2. The van der Waals surface area contributed by atoms with E-state index < -0.39 is 15.1 Å². The molecule has 1 aromatic heterocycles.